The Hall–Kier alpha value is -2.06. The van der Waals surface area contributed by atoms with E-state index in [2.05, 4.69) is 20.1 Å². The van der Waals surface area contributed by atoms with Crippen LogP contribution in [-0.2, 0) is 16.1 Å². The van der Waals surface area contributed by atoms with Crippen molar-refractivity contribution in [3.05, 3.63) is 24.3 Å². The number of ether oxygens (including phenoxy) is 2. The molecule has 1 saturated carbocycles. The third kappa shape index (κ3) is 5.11. The fourth-order valence-corrected chi connectivity index (χ4v) is 4.73. The number of nitrogens with zero attached hydrogens (tertiary/aromatic N) is 3. The van der Waals surface area contributed by atoms with E-state index in [1.165, 1.54) is 24.6 Å². The van der Waals surface area contributed by atoms with Crippen LogP contribution in [0, 0.1) is 0 Å². The SMILES string of the molecule is COc1ccc(-c2nnc(SCC(=O)NC3CCCC3)n2C[C@@H]2CCCO2)cc1. The van der Waals surface area contributed by atoms with Gasteiger partial charge in [-0.15, -0.1) is 10.2 Å². The number of rotatable bonds is 8. The van der Waals surface area contributed by atoms with Gasteiger partial charge in [0, 0.05) is 18.2 Å². The van der Waals surface area contributed by atoms with Crippen LogP contribution in [-0.4, -0.2) is 52.3 Å². The normalized spacial score (nSPS) is 19.6. The van der Waals surface area contributed by atoms with Gasteiger partial charge >= 0.3 is 0 Å². The highest BCUT2D eigenvalue weighted by molar-refractivity contribution is 7.99. The Morgan fingerprint density at radius 3 is 2.69 bits per heavy atom. The van der Waals surface area contributed by atoms with E-state index in [1.807, 2.05) is 24.3 Å². The summed E-state index contributed by atoms with van der Waals surface area (Å²) < 4.78 is 13.2. The van der Waals surface area contributed by atoms with Crippen molar-refractivity contribution in [2.24, 2.45) is 0 Å². The predicted molar refractivity (Wildman–Crippen MR) is 112 cm³/mol. The van der Waals surface area contributed by atoms with E-state index in [0.29, 0.717) is 18.3 Å². The molecule has 1 aromatic carbocycles. The first kappa shape index (κ1) is 20.2. The first-order chi connectivity index (χ1) is 14.2. The second kappa shape index (κ2) is 9.63. The lowest BCUT2D eigenvalue weighted by molar-refractivity contribution is -0.119. The Balaban J connectivity index is 1.49. The maximum Gasteiger partial charge on any atom is 0.230 e. The van der Waals surface area contributed by atoms with Gasteiger partial charge in [0.2, 0.25) is 5.91 Å². The van der Waals surface area contributed by atoms with Crippen LogP contribution in [0.2, 0.25) is 0 Å². The highest BCUT2D eigenvalue weighted by Crippen LogP contribution is 2.28. The summed E-state index contributed by atoms with van der Waals surface area (Å²) in [6, 6.07) is 8.14. The van der Waals surface area contributed by atoms with Crippen molar-refractivity contribution >= 4 is 17.7 Å². The zero-order chi connectivity index (χ0) is 20.1. The smallest absolute Gasteiger partial charge is 0.230 e. The van der Waals surface area contributed by atoms with Crippen LogP contribution < -0.4 is 10.1 Å². The van der Waals surface area contributed by atoms with Crippen LogP contribution in [0.5, 0.6) is 5.75 Å². The van der Waals surface area contributed by atoms with E-state index < -0.39 is 0 Å². The van der Waals surface area contributed by atoms with E-state index in [1.54, 1.807) is 7.11 Å². The van der Waals surface area contributed by atoms with E-state index in [0.717, 1.165) is 54.6 Å². The molecule has 2 fully saturated rings. The molecule has 1 saturated heterocycles. The average molecular weight is 417 g/mol. The molecule has 0 bridgehead atoms. The van der Waals surface area contributed by atoms with Gasteiger partial charge < -0.3 is 14.8 Å². The first-order valence-electron chi connectivity index (χ1n) is 10.3. The molecule has 2 aromatic rings. The van der Waals surface area contributed by atoms with Crippen molar-refractivity contribution in [3.63, 3.8) is 0 Å². The van der Waals surface area contributed by atoms with Gasteiger partial charge in [-0.1, -0.05) is 24.6 Å². The molecule has 1 atom stereocenters. The maximum absolute atomic E-state index is 12.3. The third-order valence-corrected chi connectivity index (χ3v) is 6.49. The van der Waals surface area contributed by atoms with Crippen LogP contribution in [0.25, 0.3) is 11.4 Å². The number of amides is 1. The van der Waals surface area contributed by atoms with Crippen molar-refractivity contribution < 1.29 is 14.3 Å². The zero-order valence-electron chi connectivity index (χ0n) is 16.8. The zero-order valence-corrected chi connectivity index (χ0v) is 17.6. The quantitative estimate of drug-likeness (QED) is 0.666. The molecule has 1 aliphatic carbocycles. The minimum atomic E-state index is 0.0690. The average Bonchev–Trinajstić information content (AvgIpc) is 3.50. The number of carbonyl (C=O) groups excluding carboxylic acids is 1. The Labute approximate surface area is 175 Å². The van der Waals surface area contributed by atoms with Gasteiger partial charge in [-0.05, 0) is 49.9 Å². The van der Waals surface area contributed by atoms with Crippen molar-refractivity contribution in [2.45, 2.75) is 62.4 Å². The highest BCUT2D eigenvalue weighted by Gasteiger charge is 2.23. The Kier molecular flexibility index (Phi) is 6.71. The third-order valence-electron chi connectivity index (χ3n) is 5.53. The summed E-state index contributed by atoms with van der Waals surface area (Å²) in [5.41, 5.74) is 0.971. The molecule has 2 heterocycles. The maximum atomic E-state index is 12.3. The number of hydrogen-bond donors (Lipinski definition) is 1. The van der Waals surface area contributed by atoms with Crippen LogP contribution in [0.3, 0.4) is 0 Å². The van der Waals surface area contributed by atoms with Crippen molar-refractivity contribution in [1.29, 1.82) is 0 Å². The number of aromatic nitrogens is 3. The van der Waals surface area contributed by atoms with E-state index in [-0.39, 0.29) is 12.0 Å². The number of benzene rings is 1. The number of carbonyl (C=O) groups is 1. The minimum absolute atomic E-state index is 0.0690. The van der Waals surface area contributed by atoms with Gasteiger partial charge in [-0.2, -0.15) is 0 Å². The van der Waals surface area contributed by atoms with Gasteiger partial charge in [0.1, 0.15) is 5.75 Å². The first-order valence-corrected chi connectivity index (χ1v) is 11.3. The van der Waals surface area contributed by atoms with Crippen molar-refractivity contribution in [3.8, 4) is 17.1 Å². The Morgan fingerprint density at radius 1 is 1.21 bits per heavy atom. The highest BCUT2D eigenvalue weighted by atomic mass is 32.2. The lowest BCUT2D eigenvalue weighted by Gasteiger charge is -2.15. The van der Waals surface area contributed by atoms with Gasteiger partial charge in [0.05, 0.1) is 25.5 Å². The van der Waals surface area contributed by atoms with Gasteiger partial charge in [0.25, 0.3) is 0 Å². The molecule has 7 nitrogen and oxygen atoms in total. The monoisotopic (exact) mass is 416 g/mol. The van der Waals surface area contributed by atoms with Crippen molar-refractivity contribution in [1.82, 2.24) is 20.1 Å². The summed E-state index contributed by atoms with van der Waals surface area (Å²) in [5.74, 6) is 2.02. The number of methoxy groups -OCH3 is 1. The molecule has 1 amide bonds. The summed E-state index contributed by atoms with van der Waals surface area (Å²) in [5, 5.41) is 12.7. The van der Waals surface area contributed by atoms with Crippen LogP contribution in [0.15, 0.2) is 29.4 Å². The topological polar surface area (TPSA) is 78.3 Å². The number of thioether (sulfide) groups is 1. The molecular formula is C21H28N4O3S. The summed E-state index contributed by atoms with van der Waals surface area (Å²) in [6.07, 6.45) is 6.87. The second-order valence-electron chi connectivity index (χ2n) is 7.62. The lowest BCUT2D eigenvalue weighted by atomic mass is 10.2. The standard InChI is InChI=1S/C21H28N4O3S/c1-27-17-10-8-15(9-11-17)20-23-24-21(25(20)13-18-7-4-12-28-18)29-14-19(26)22-16-5-2-3-6-16/h8-11,16,18H,2-7,12-14H2,1H3,(H,22,26)/t18-/m0/s1. The predicted octanol–water partition coefficient (Wildman–Crippen LogP) is 3.28. The van der Waals surface area contributed by atoms with Gasteiger partial charge in [-0.25, -0.2) is 0 Å². The number of nitrogens with one attached hydrogen (secondary N) is 1. The molecular weight excluding hydrogens is 388 g/mol. The van der Waals surface area contributed by atoms with Crippen LogP contribution in [0.1, 0.15) is 38.5 Å². The molecule has 156 valence electrons. The van der Waals surface area contributed by atoms with Gasteiger partial charge in [-0.3, -0.25) is 9.36 Å². The lowest BCUT2D eigenvalue weighted by Crippen LogP contribution is -2.33. The fourth-order valence-electron chi connectivity index (χ4n) is 3.98. The summed E-state index contributed by atoms with van der Waals surface area (Å²) >= 11 is 1.44. The van der Waals surface area contributed by atoms with E-state index in [4.69, 9.17) is 9.47 Å². The largest absolute Gasteiger partial charge is 0.497 e. The fraction of sp³-hybridized carbons (Fsp3) is 0.571. The van der Waals surface area contributed by atoms with E-state index in [9.17, 15) is 4.79 Å². The Bertz CT molecular complexity index is 812. The molecule has 4 rings (SSSR count). The second-order valence-corrected chi connectivity index (χ2v) is 8.56. The van der Waals surface area contributed by atoms with E-state index >= 15 is 0 Å². The molecule has 0 radical (unpaired) electrons. The minimum Gasteiger partial charge on any atom is -0.497 e. The molecule has 29 heavy (non-hydrogen) atoms. The molecule has 0 unspecified atom stereocenters. The number of hydrogen-bond acceptors (Lipinski definition) is 6. The molecule has 1 N–H and O–H groups in total. The molecule has 8 heteroatoms. The van der Waals surface area contributed by atoms with Crippen LogP contribution >= 0.6 is 11.8 Å². The molecule has 1 aliphatic heterocycles. The summed E-state index contributed by atoms with van der Waals surface area (Å²) in [4.78, 5) is 12.3. The summed E-state index contributed by atoms with van der Waals surface area (Å²) in [6.45, 7) is 1.50. The van der Waals surface area contributed by atoms with Crippen molar-refractivity contribution in [2.75, 3.05) is 19.5 Å². The van der Waals surface area contributed by atoms with Gasteiger partial charge in [0.15, 0.2) is 11.0 Å². The molecule has 0 spiro atoms. The molecule has 2 aliphatic rings. The molecule has 1 aromatic heterocycles. The summed E-state index contributed by atoms with van der Waals surface area (Å²) in [7, 11) is 1.65. The Morgan fingerprint density at radius 2 is 2.00 bits per heavy atom. The van der Waals surface area contributed by atoms with Crippen LogP contribution in [0.4, 0.5) is 0 Å².